The van der Waals surface area contributed by atoms with Crippen molar-refractivity contribution >= 4 is 29.2 Å². The largest absolute Gasteiger partial charge is 0.493 e. The van der Waals surface area contributed by atoms with E-state index in [1.165, 1.54) is 0 Å². The van der Waals surface area contributed by atoms with Gasteiger partial charge in [0.2, 0.25) is 0 Å². The molecule has 0 saturated heterocycles. The molecule has 0 unspecified atom stereocenters. The van der Waals surface area contributed by atoms with Crippen molar-refractivity contribution in [3.8, 4) is 11.5 Å². The first-order valence-corrected chi connectivity index (χ1v) is 8.90. The van der Waals surface area contributed by atoms with Crippen molar-refractivity contribution in [2.24, 2.45) is 12.0 Å². The van der Waals surface area contributed by atoms with E-state index < -0.39 is 0 Å². The van der Waals surface area contributed by atoms with Gasteiger partial charge in [-0.15, -0.1) is 0 Å². The number of hydrogen-bond donors (Lipinski definition) is 2. The van der Waals surface area contributed by atoms with Crippen LogP contribution < -0.4 is 20.1 Å². The Hall–Kier alpha value is -2.05. The quantitative estimate of drug-likeness (QED) is 0.554. The van der Waals surface area contributed by atoms with Gasteiger partial charge < -0.3 is 24.7 Å². The average molecular weight is 399 g/mol. The molecule has 0 amide bonds. The van der Waals surface area contributed by atoms with E-state index in [-0.39, 0.29) is 0 Å². The van der Waals surface area contributed by atoms with Gasteiger partial charge in [-0.2, -0.15) is 0 Å². The van der Waals surface area contributed by atoms with Crippen molar-refractivity contribution in [1.82, 2.24) is 15.2 Å². The molecule has 26 heavy (non-hydrogen) atoms. The highest BCUT2D eigenvalue weighted by molar-refractivity contribution is 6.41. The van der Waals surface area contributed by atoms with Crippen molar-refractivity contribution in [2.75, 3.05) is 27.8 Å². The van der Waals surface area contributed by atoms with E-state index in [4.69, 9.17) is 32.7 Å². The zero-order chi connectivity index (χ0) is 19.1. The highest BCUT2D eigenvalue weighted by atomic mass is 35.5. The summed E-state index contributed by atoms with van der Waals surface area (Å²) >= 11 is 12.1. The maximum Gasteiger partial charge on any atom is 0.191 e. The summed E-state index contributed by atoms with van der Waals surface area (Å²) in [5.41, 5.74) is 2.12. The van der Waals surface area contributed by atoms with E-state index in [1.807, 2.05) is 35.9 Å². The van der Waals surface area contributed by atoms with Crippen molar-refractivity contribution in [1.29, 1.82) is 0 Å². The van der Waals surface area contributed by atoms with Gasteiger partial charge in [0, 0.05) is 26.3 Å². The van der Waals surface area contributed by atoms with Gasteiger partial charge in [0.05, 0.1) is 25.8 Å². The molecule has 6 nitrogen and oxygen atoms in total. The Morgan fingerprint density at radius 1 is 1.12 bits per heavy atom. The topological polar surface area (TPSA) is 59.8 Å². The number of nitrogens with one attached hydrogen (secondary N) is 2. The fourth-order valence-electron chi connectivity index (χ4n) is 2.51. The summed E-state index contributed by atoms with van der Waals surface area (Å²) in [6.45, 7) is 1.29. The fraction of sp³-hybridized carbons (Fsp3) is 0.389. The zero-order valence-electron chi connectivity index (χ0n) is 15.4. The first-order chi connectivity index (χ1) is 12.5. The molecule has 2 rings (SSSR count). The van der Waals surface area contributed by atoms with Gasteiger partial charge in [0.1, 0.15) is 5.15 Å². The second-order valence-corrected chi connectivity index (χ2v) is 6.39. The number of aromatic nitrogens is 1. The number of rotatable bonds is 7. The van der Waals surface area contributed by atoms with Crippen LogP contribution in [0, 0.1) is 0 Å². The van der Waals surface area contributed by atoms with Gasteiger partial charge in [-0.25, -0.2) is 0 Å². The Balaban J connectivity index is 1.86. The van der Waals surface area contributed by atoms with Gasteiger partial charge >= 0.3 is 0 Å². The van der Waals surface area contributed by atoms with Crippen LogP contribution in [0.4, 0.5) is 0 Å². The minimum Gasteiger partial charge on any atom is -0.493 e. The molecule has 1 heterocycles. The van der Waals surface area contributed by atoms with Crippen molar-refractivity contribution in [3.05, 3.63) is 45.7 Å². The summed E-state index contributed by atoms with van der Waals surface area (Å²) < 4.78 is 12.4. The molecule has 0 aliphatic rings. The van der Waals surface area contributed by atoms with Crippen LogP contribution in [0.5, 0.6) is 11.5 Å². The van der Waals surface area contributed by atoms with E-state index >= 15 is 0 Å². The number of hydrogen-bond acceptors (Lipinski definition) is 3. The molecular formula is C18H24Cl2N4O2. The van der Waals surface area contributed by atoms with Gasteiger partial charge in [-0.3, -0.25) is 4.99 Å². The number of methoxy groups -OCH3 is 2. The van der Waals surface area contributed by atoms with E-state index in [2.05, 4.69) is 15.6 Å². The molecule has 1 aromatic heterocycles. The van der Waals surface area contributed by atoms with Crippen LogP contribution in [0.25, 0.3) is 0 Å². The number of aliphatic imine (C=N–C) groups is 1. The molecule has 142 valence electrons. The Labute approximate surface area is 164 Å². The third-order valence-electron chi connectivity index (χ3n) is 4.03. The smallest absolute Gasteiger partial charge is 0.191 e. The molecule has 0 aliphatic carbocycles. The Bertz CT molecular complexity index is 775. The molecule has 0 fully saturated rings. The van der Waals surface area contributed by atoms with Gasteiger partial charge in [0.15, 0.2) is 17.5 Å². The summed E-state index contributed by atoms with van der Waals surface area (Å²) in [7, 11) is 6.87. The number of halogens is 2. The lowest BCUT2D eigenvalue weighted by Gasteiger charge is -2.13. The molecule has 0 spiro atoms. The average Bonchev–Trinajstić information content (AvgIpc) is 2.91. The fourth-order valence-corrected chi connectivity index (χ4v) is 2.93. The van der Waals surface area contributed by atoms with Gasteiger partial charge in [0.25, 0.3) is 0 Å². The molecule has 0 atom stereocenters. The first-order valence-electron chi connectivity index (χ1n) is 8.15. The summed E-state index contributed by atoms with van der Waals surface area (Å²) in [6.07, 6.45) is 0.822. The van der Waals surface area contributed by atoms with Crippen LogP contribution >= 0.6 is 23.2 Å². The number of benzene rings is 1. The van der Waals surface area contributed by atoms with Crippen LogP contribution in [-0.2, 0) is 20.0 Å². The van der Waals surface area contributed by atoms with Crippen LogP contribution in [0.3, 0.4) is 0 Å². The molecule has 2 N–H and O–H groups in total. The maximum absolute atomic E-state index is 6.08. The van der Waals surface area contributed by atoms with E-state index in [0.717, 1.165) is 35.7 Å². The van der Waals surface area contributed by atoms with Crippen LogP contribution in [0.1, 0.15) is 11.3 Å². The zero-order valence-corrected chi connectivity index (χ0v) is 16.9. The highest BCUT2D eigenvalue weighted by Gasteiger charge is 2.09. The van der Waals surface area contributed by atoms with E-state index in [0.29, 0.717) is 22.7 Å². The lowest BCUT2D eigenvalue weighted by Crippen LogP contribution is -2.38. The summed E-state index contributed by atoms with van der Waals surface area (Å²) in [5, 5.41) is 7.61. The Morgan fingerprint density at radius 2 is 1.85 bits per heavy atom. The highest BCUT2D eigenvalue weighted by Crippen LogP contribution is 2.27. The number of nitrogens with zero attached hydrogens (tertiary/aromatic N) is 2. The summed E-state index contributed by atoms with van der Waals surface area (Å²) in [6, 6.07) is 7.75. The molecule has 8 heteroatoms. The minimum absolute atomic E-state index is 0.528. The lowest BCUT2D eigenvalue weighted by molar-refractivity contribution is 0.354. The summed E-state index contributed by atoms with van der Waals surface area (Å²) in [5.74, 6) is 2.16. The normalized spacial score (nSPS) is 11.4. The molecule has 0 aliphatic heterocycles. The molecular weight excluding hydrogens is 375 g/mol. The predicted molar refractivity (Wildman–Crippen MR) is 107 cm³/mol. The molecule has 0 saturated carbocycles. The Morgan fingerprint density at radius 3 is 2.42 bits per heavy atom. The van der Waals surface area contributed by atoms with Crippen LogP contribution in [-0.4, -0.2) is 38.3 Å². The molecule has 0 radical (unpaired) electrons. The van der Waals surface area contributed by atoms with E-state index in [9.17, 15) is 0 Å². The number of ether oxygens (including phenoxy) is 2. The minimum atomic E-state index is 0.528. The van der Waals surface area contributed by atoms with Gasteiger partial charge in [-0.1, -0.05) is 29.3 Å². The summed E-state index contributed by atoms with van der Waals surface area (Å²) in [4.78, 5) is 4.23. The molecule has 1 aromatic carbocycles. The predicted octanol–water partition coefficient (Wildman–Crippen LogP) is 3.26. The number of guanidine groups is 1. The van der Waals surface area contributed by atoms with E-state index in [1.54, 1.807) is 21.3 Å². The van der Waals surface area contributed by atoms with Crippen molar-refractivity contribution in [2.45, 2.75) is 13.0 Å². The van der Waals surface area contributed by atoms with Crippen LogP contribution in [0.2, 0.25) is 10.2 Å². The SMILES string of the molecule is CN=C(NCCc1ccc(OC)c(OC)c1)NCc1cc(Cl)c(Cl)n1C. The van der Waals surface area contributed by atoms with Crippen molar-refractivity contribution in [3.63, 3.8) is 0 Å². The molecule has 2 aromatic rings. The first kappa shape index (κ1) is 20.3. The maximum atomic E-state index is 6.08. The van der Waals surface area contributed by atoms with Gasteiger partial charge in [-0.05, 0) is 30.2 Å². The molecule has 0 bridgehead atoms. The second-order valence-electron chi connectivity index (χ2n) is 5.63. The van der Waals surface area contributed by atoms with Crippen LogP contribution in [0.15, 0.2) is 29.3 Å². The third kappa shape index (κ3) is 4.99. The third-order valence-corrected chi connectivity index (χ3v) is 4.87. The standard InChI is InChI=1S/C18H24Cl2N4O2/c1-21-18(23-11-13-10-14(19)17(20)24(13)2)22-8-7-12-5-6-15(25-3)16(9-12)26-4/h5-6,9-10H,7-8,11H2,1-4H3,(H2,21,22,23). The Kier molecular flexibility index (Phi) is 7.48. The van der Waals surface area contributed by atoms with Crippen molar-refractivity contribution < 1.29 is 9.47 Å². The lowest BCUT2D eigenvalue weighted by atomic mass is 10.1. The monoisotopic (exact) mass is 398 g/mol. The second kappa shape index (κ2) is 9.59.